The zero-order chi connectivity index (χ0) is 23.1. The Morgan fingerprint density at radius 3 is 2.62 bits per heavy atom. The maximum atomic E-state index is 12.8. The summed E-state index contributed by atoms with van der Waals surface area (Å²) >= 11 is 6.23. The molecule has 0 bridgehead atoms. The van der Waals surface area contributed by atoms with Crippen molar-refractivity contribution in [2.45, 2.75) is 38.7 Å². The molecule has 2 aromatic rings. The van der Waals surface area contributed by atoms with Gasteiger partial charge in [-0.2, -0.15) is 13.2 Å². The molecule has 0 radical (unpaired) electrons. The number of amides is 1. The smallest absolute Gasteiger partial charge is 0.416 e. The van der Waals surface area contributed by atoms with Gasteiger partial charge in [-0.25, -0.2) is 9.97 Å². The van der Waals surface area contributed by atoms with Crippen LogP contribution in [0.3, 0.4) is 0 Å². The standard InChI is InChI=1S/C20H22ClF3N4O4/c1-12(29)25-4-5-30-16-6-13(7-16)9-31-18-17(21)19(28-11-27-18)32-10-15-8-14(2-3-26-15)20(22,23)24/h2-3,8,11,13,16H,4-7,9-10H2,1H3,(H,25,29). The highest BCUT2D eigenvalue weighted by Gasteiger charge is 2.31. The number of pyridine rings is 1. The van der Waals surface area contributed by atoms with Crippen molar-refractivity contribution in [2.75, 3.05) is 19.8 Å². The normalized spacial score (nSPS) is 18.0. The zero-order valence-electron chi connectivity index (χ0n) is 17.2. The minimum absolute atomic E-state index is 0.0105. The molecule has 1 amide bonds. The van der Waals surface area contributed by atoms with Crippen LogP contribution in [0, 0.1) is 5.92 Å². The van der Waals surface area contributed by atoms with Crippen molar-refractivity contribution in [3.05, 3.63) is 40.9 Å². The lowest BCUT2D eigenvalue weighted by Crippen LogP contribution is -2.37. The molecule has 0 aliphatic heterocycles. The van der Waals surface area contributed by atoms with E-state index in [1.54, 1.807) is 0 Å². The van der Waals surface area contributed by atoms with Crippen molar-refractivity contribution in [1.82, 2.24) is 20.3 Å². The third-order valence-corrected chi connectivity index (χ3v) is 5.03. The van der Waals surface area contributed by atoms with E-state index in [9.17, 15) is 18.0 Å². The van der Waals surface area contributed by atoms with Gasteiger partial charge in [0, 0.05) is 19.7 Å². The third kappa shape index (κ3) is 6.92. The van der Waals surface area contributed by atoms with Crippen LogP contribution in [-0.2, 0) is 22.3 Å². The van der Waals surface area contributed by atoms with E-state index >= 15 is 0 Å². The van der Waals surface area contributed by atoms with Gasteiger partial charge in [0.05, 0.1) is 30.6 Å². The molecule has 2 aromatic heterocycles. The lowest BCUT2D eigenvalue weighted by Gasteiger charge is -2.34. The summed E-state index contributed by atoms with van der Waals surface area (Å²) in [5.74, 6) is 0.294. The quantitative estimate of drug-likeness (QED) is 0.527. The fourth-order valence-corrected chi connectivity index (χ4v) is 3.22. The Morgan fingerprint density at radius 1 is 1.22 bits per heavy atom. The predicted molar refractivity (Wildman–Crippen MR) is 107 cm³/mol. The van der Waals surface area contributed by atoms with E-state index in [1.807, 2.05) is 0 Å². The lowest BCUT2D eigenvalue weighted by molar-refractivity contribution is -0.137. The van der Waals surface area contributed by atoms with Crippen LogP contribution in [0.1, 0.15) is 31.0 Å². The number of nitrogens with one attached hydrogen (secondary N) is 1. The van der Waals surface area contributed by atoms with Gasteiger partial charge in [-0.05, 0) is 30.9 Å². The van der Waals surface area contributed by atoms with Gasteiger partial charge in [-0.3, -0.25) is 9.78 Å². The summed E-state index contributed by atoms with van der Waals surface area (Å²) in [6.07, 6.45) is -0.460. The van der Waals surface area contributed by atoms with Crippen LogP contribution in [0.5, 0.6) is 11.8 Å². The van der Waals surface area contributed by atoms with Crippen LogP contribution >= 0.6 is 11.6 Å². The van der Waals surface area contributed by atoms with Crippen LogP contribution in [0.25, 0.3) is 0 Å². The summed E-state index contributed by atoms with van der Waals surface area (Å²) in [5.41, 5.74) is -0.738. The van der Waals surface area contributed by atoms with Crippen LogP contribution < -0.4 is 14.8 Å². The Hall–Kier alpha value is -2.66. The van der Waals surface area contributed by atoms with Crippen molar-refractivity contribution in [3.8, 4) is 11.8 Å². The zero-order valence-corrected chi connectivity index (χ0v) is 17.9. The molecule has 174 valence electrons. The van der Waals surface area contributed by atoms with E-state index in [0.29, 0.717) is 19.8 Å². The summed E-state index contributed by atoms with van der Waals surface area (Å²) in [4.78, 5) is 22.6. The SMILES string of the molecule is CC(=O)NCCOC1CC(COc2ncnc(OCc3cc(C(F)(F)F)ccn3)c2Cl)C1. The molecule has 3 rings (SSSR count). The van der Waals surface area contributed by atoms with Gasteiger partial charge in [0.1, 0.15) is 12.9 Å². The summed E-state index contributed by atoms with van der Waals surface area (Å²) in [6.45, 7) is 2.50. The van der Waals surface area contributed by atoms with E-state index in [1.165, 1.54) is 13.3 Å². The van der Waals surface area contributed by atoms with E-state index < -0.39 is 11.7 Å². The van der Waals surface area contributed by atoms with Crippen molar-refractivity contribution in [3.63, 3.8) is 0 Å². The lowest BCUT2D eigenvalue weighted by atomic mass is 9.83. The highest BCUT2D eigenvalue weighted by atomic mass is 35.5. The number of ether oxygens (including phenoxy) is 3. The van der Waals surface area contributed by atoms with Crippen molar-refractivity contribution in [1.29, 1.82) is 0 Å². The molecule has 8 nitrogen and oxygen atoms in total. The van der Waals surface area contributed by atoms with Gasteiger partial charge in [0.2, 0.25) is 17.7 Å². The molecule has 0 unspecified atom stereocenters. The number of rotatable bonds is 10. The van der Waals surface area contributed by atoms with Gasteiger partial charge in [-0.15, -0.1) is 0 Å². The first-order valence-corrected chi connectivity index (χ1v) is 10.2. The number of hydrogen-bond acceptors (Lipinski definition) is 7. The van der Waals surface area contributed by atoms with E-state index in [-0.39, 0.29) is 47.0 Å². The molecule has 1 aliphatic rings. The van der Waals surface area contributed by atoms with Gasteiger partial charge in [-0.1, -0.05) is 11.6 Å². The van der Waals surface area contributed by atoms with Crippen LogP contribution in [0.4, 0.5) is 13.2 Å². The Bertz CT molecular complexity index is 926. The fourth-order valence-electron chi connectivity index (χ4n) is 3.01. The number of halogens is 4. The highest BCUT2D eigenvalue weighted by Crippen LogP contribution is 2.34. The van der Waals surface area contributed by atoms with E-state index in [0.717, 1.165) is 31.2 Å². The molecular formula is C20H22ClF3N4O4. The average Bonchev–Trinajstić information content (AvgIpc) is 2.71. The molecule has 0 atom stereocenters. The van der Waals surface area contributed by atoms with Crippen LogP contribution in [0.2, 0.25) is 5.02 Å². The molecule has 2 heterocycles. The van der Waals surface area contributed by atoms with Gasteiger partial charge in [0.25, 0.3) is 0 Å². The topological polar surface area (TPSA) is 95.5 Å². The monoisotopic (exact) mass is 474 g/mol. The Labute approximate surface area is 187 Å². The number of carbonyl (C=O) groups excluding carboxylic acids is 1. The van der Waals surface area contributed by atoms with Crippen molar-refractivity contribution >= 4 is 17.5 Å². The number of carbonyl (C=O) groups is 1. The van der Waals surface area contributed by atoms with Gasteiger partial charge in [0.15, 0.2) is 5.02 Å². The van der Waals surface area contributed by atoms with Crippen LogP contribution in [-0.4, -0.2) is 46.7 Å². The predicted octanol–water partition coefficient (Wildman–Crippen LogP) is 3.43. The molecule has 0 aromatic carbocycles. The number of aromatic nitrogens is 3. The molecule has 1 N–H and O–H groups in total. The molecular weight excluding hydrogens is 453 g/mol. The molecule has 1 aliphatic carbocycles. The molecule has 1 saturated carbocycles. The second-order valence-electron chi connectivity index (χ2n) is 7.24. The summed E-state index contributed by atoms with van der Waals surface area (Å²) < 4.78 is 55.2. The first-order chi connectivity index (χ1) is 15.2. The molecule has 12 heteroatoms. The van der Waals surface area contributed by atoms with E-state index in [2.05, 4.69) is 20.3 Å². The maximum absolute atomic E-state index is 12.8. The molecule has 0 spiro atoms. The van der Waals surface area contributed by atoms with Gasteiger partial charge >= 0.3 is 6.18 Å². The minimum Gasteiger partial charge on any atom is -0.476 e. The largest absolute Gasteiger partial charge is 0.476 e. The van der Waals surface area contributed by atoms with E-state index in [4.69, 9.17) is 25.8 Å². The van der Waals surface area contributed by atoms with Crippen LogP contribution in [0.15, 0.2) is 24.7 Å². The Balaban J connectivity index is 1.45. The van der Waals surface area contributed by atoms with Gasteiger partial charge < -0.3 is 19.5 Å². The second kappa shape index (κ2) is 10.8. The number of alkyl halides is 3. The Morgan fingerprint density at radius 2 is 1.94 bits per heavy atom. The third-order valence-electron chi connectivity index (χ3n) is 4.70. The summed E-state index contributed by atoms with van der Waals surface area (Å²) in [7, 11) is 0. The molecule has 0 saturated heterocycles. The minimum atomic E-state index is -4.47. The number of nitrogens with zero attached hydrogens (tertiary/aromatic N) is 3. The fraction of sp³-hybridized carbons (Fsp3) is 0.500. The van der Waals surface area contributed by atoms with Crippen molar-refractivity contribution < 1.29 is 32.2 Å². The first-order valence-electron chi connectivity index (χ1n) is 9.86. The average molecular weight is 475 g/mol. The molecule has 32 heavy (non-hydrogen) atoms. The number of hydrogen-bond donors (Lipinski definition) is 1. The summed E-state index contributed by atoms with van der Waals surface area (Å²) in [6, 6.07) is 1.78. The summed E-state index contributed by atoms with van der Waals surface area (Å²) in [5, 5.41) is 2.69. The highest BCUT2D eigenvalue weighted by molar-refractivity contribution is 6.33. The Kier molecular flexibility index (Phi) is 8.08. The molecule has 1 fully saturated rings. The first kappa shape index (κ1) is 24.0. The maximum Gasteiger partial charge on any atom is 0.416 e. The second-order valence-corrected chi connectivity index (χ2v) is 7.62. The van der Waals surface area contributed by atoms with Crippen molar-refractivity contribution in [2.24, 2.45) is 5.92 Å².